The van der Waals surface area contributed by atoms with Crippen LogP contribution in [0.5, 0.6) is 0 Å². The van der Waals surface area contributed by atoms with Crippen LogP contribution >= 0.6 is 0 Å². The highest BCUT2D eigenvalue weighted by atomic mass is 16.6. The number of aliphatic imine (C=N–C) groups is 1. The summed E-state index contributed by atoms with van der Waals surface area (Å²) in [6.07, 6.45) is 1.07. The van der Waals surface area contributed by atoms with E-state index in [1.807, 2.05) is 0 Å². The van der Waals surface area contributed by atoms with Crippen LogP contribution in [-0.2, 0) is 0 Å². The summed E-state index contributed by atoms with van der Waals surface area (Å²) in [7, 11) is 0. The lowest BCUT2D eigenvalue weighted by Gasteiger charge is -1.98. The van der Waals surface area contributed by atoms with Crippen molar-refractivity contribution in [1.82, 2.24) is 0 Å². The molecule has 0 saturated heterocycles. The van der Waals surface area contributed by atoms with E-state index in [-0.39, 0.29) is 11.3 Å². The van der Waals surface area contributed by atoms with Gasteiger partial charge in [-0.3, -0.25) is 15.1 Å². The van der Waals surface area contributed by atoms with Gasteiger partial charge in [0.25, 0.3) is 0 Å². The Balaban J connectivity index is 2.89. The van der Waals surface area contributed by atoms with Crippen molar-refractivity contribution in [2.45, 2.75) is 0 Å². The molecule has 0 saturated carbocycles. The summed E-state index contributed by atoms with van der Waals surface area (Å²) in [6, 6.07) is 6.06. The Hall–Kier alpha value is -2.24. The third-order valence-electron chi connectivity index (χ3n) is 1.60. The molecule has 0 bridgehead atoms. The van der Waals surface area contributed by atoms with Gasteiger partial charge in [-0.25, -0.2) is 4.79 Å². The zero-order chi connectivity index (χ0) is 11.3. The van der Waals surface area contributed by atoms with Gasteiger partial charge in [0.1, 0.15) is 0 Å². The first-order valence-electron chi connectivity index (χ1n) is 4.08. The Kier molecular flexibility index (Phi) is 3.50. The highest BCUT2D eigenvalue weighted by molar-refractivity contribution is 5.94. The maximum absolute atomic E-state index is 10.7. The summed E-state index contributed by atoms with van der Waals surface area (Å²) in [5.74, 6) is -1.11. The Morgan fingerprint density at radius 1 is 1.53 bits per heavy atom. The molecule has 0 radical (unpaired) electrons. The van der Waals surface area contributed by atoms with Crippen LogP contribution in [0.3, 0.4) is 0 Å². The minimum Gasteiger partial charge on any atom is -0.478 e. The lowest BCUT2D eigenvalue weighted by atomic mass is 10.2. The first kappa shape index (κ1) is 10.8. The van der Waals surface area contributed by atoms with Crippen molar-refractivity contribution in [3.8, 4) is 0 Å². The largest absolute Gasteiger partial charge is 0.478 e. The molecule has 0 fully saturated rings. The summed E-state index contributed by atoms with van der Waals surface area (Å²) >= 11 is 0. The summed E-state index contributed by atoms with van der Waals surface area (Å²) in [4.78, 5) is 23.9. The summed E-state index contributed by atoms with van der Waals surface area (Å²) in [6.45, 7) is -0.423. The van der Waals surface area contributed by atoms with Crippen molar-refractivity contribution in [1.29, 1.82) is 0 Å². The number of carboxylic acid groups (broad SMARTS) is 1. The number of nitrogens with zero attached hydrogens (tertiary/aromatic N) is 2. The molecule has 0 aliphatic rings. The summed E-state index contributed by atoms with van der Waals surface area (Å²) in [5.41, 5.74) is 0.240. The minimum absolute atomic E-state index is 0.0251. The zero-order valence-electron chi connectivity index (χ0n) is 7.66. The fourth-order valence-electron chi connectivity index (χ4n) is 0.973. The molecule has 1 aromatic rings. The molecular weight excluding hydrogens is 200 g/mol. The van der Waals surface area contributed by atoms with E-state index in [1.54, 1.807) is 12.1 Å². The van der Waals surface area contributed by atoms with E-state index >= 15 is 0 Å². The number of benzene rings is 1. The molecule has 0 aliphatic carbocycles. The smallest absolute Gasteiger partial charge is 0.337 e. The zero-order valence-corrected chi connectivity index (χ0v) is 7.66. The summed E-state index contributed by atoms with van der Waals surface area (Å²) in [5, 5.41) is 18.8. The van der Waals surface area contributed by atoms with Crippen LogP contribution in [0.1, 0.15) is 10.4 Å². The van der Waals surface area contributed by atoms with Crippen molar-refractivity contribution in [2.75, 3.05) is 6.54 Å². The third kappa shape index (κ3) is 3.18. The quantitative estimate of drug-likeness (QED) is 0.459. The van der Waals surface area contributed by atoms with E-state index in [9.17, 15) is 14.9 Å². The lowest BCUT2D eigenvalue weighted by molar-refractivity contribution is -0.462. The molecule has 6 heteroatoms. The second kappa shape index (κ2) is 4.85. The number of aromatic carboxylic acids is 1. The fourth-order valence-corrected chi connectivity index (χ4v) is 0.973. The minimum atomic E-state index is -1.11. The number of nitro groups is 1. The van der Waals surface area contributed by atoms with Crippen LogP contribution < -0.4 is 0 Å². The van der Waals surface area contributed by atoms with E-state index in [0.29, 0.717) is 0 Å². The predicted octanol–water partition coefficient (Wildman–Crippen LogP) is 1.36. The Bertz CT molecular complexity index is 414. The molecule has 0 amide bonds. The van der Waals surface area contributed by atoms with E-state index in [4.69, 9.17) is 5.11 Å². The number of rotatable bonds is 4. The highest BCUT2D eigenvalue weighted by Gasteiger charge is 2.07. The normalized spacial score (nSPS) is 10.4. The molecule has 0 heterocycles. The number of carboxylic acids is 1. The number of hydrogen-bond donors (Lipinski definition) is 1. The van der Waals surface area contributed by atoms with Crippen molar-refractivity contribution in [3.63, 3.8) is 0 Å². The van der Waals surface area contributed by atoms with E-state index in [2.05, 4.69) is 4.99 Å². The average Bonchev–Trinajstić information content (AvgIpc) is 2.17. The van der Waals surface area contributed by atoms with Gasteiger partial charge in [-0.05, 0) is 12.1 Å². The van der Waals surface area contributed by atoms with E-state index in [1.165, 1.54) is 12.1 Å². The SMILES string of the molecule is O=C(O)c1ccccc1N=CC[N+](=O)[O-]. The summed E-state index contributed by atoms with van der Waals surface area (Å²) < 4.78 is 0. The Morgan fingerprint density at radius 3 is 2.80 bits per heavy atom. The van der Waals surface area contributed by atoms with Crippen molar-refractivity contribution in [2.24, 2.45) is 4.99 Å². The van der Waals surface area contributed by atoms with E-state index < -0.39 is 17.4 Å². The van der Waals surface area contributed by atoms with Crippen LogP contribution in [0.15, 0.2) is 29.3 Å². The molecule has 0 spiro atoms. The first-order valence-corrected chi connectivity index (χ1v) is 4.08. The number of para-hydroxylation sites is 1. The molecule has 6 nitrogen and oxygen atoms in total. The lowest BCUT2D eigenvalue weighted by Crippen LogP contribution is -2.01. The molecule has 78 valence electrons. The fraction of sp³-hybridized carbons (Fsp3) is 0.111. The molecule has 1 aromatic carbocycles. The number of hydrogen-bond acceptors (Lipinski definition) is 4. The molecule has 0 aliphatic heterocycles. The molecule has 1 N–H and O–H groups in total. The monoisotopic (exact) mass is 208 g/mol. The van der Waals surface area contributed by atoms with Crippen LogP contribution in [0.2, 0.25) is 0 Å². The topological polar surface area (TPSA) is 92.8 Å². The van der Waals surface area contributed by atoms with Gasteiger partial charge in [0, 0.05) is 4.92 Å². The third-order valence-corrected chi connectivity index (χ3v) is 1.60. The van der Waals surface area contributed by atoms with Gasteiger partial charge in [-0.15, -0.1) is 0 Å². The molecular formula is C9H8N2O4. The van der Waals surface area contributed by atoms with Gasteiger partial charge in [0.15, 0.2) is 0 Å². The van der Waals surface area contributed by atoms with Crippen LogP contribution in [-0.4, -0.2) is 28.8 Å². The van der Waals surface area contributed by atoms with Crippen molar-refractivity contribution in [3.05, 3.63) is 39.9 Å². The van der Waals surface area contributed by atoms with Crippen LogP contribution in [0, 0.1) is 10.1 Å². The molecule has 1 rings (SSSR count). The van der Waals surface area contributed by atoms with Crippen LogP contribution in [0.4, 0.5) is 5.69 Å². The molecule has 0 unspecified atom stereocenters. The van der Waals surface area contributed by atoms with Crippen molar-refractivity contribution >= 4 is 17.9 Å². The van der Waals surface area contributed by atoms with Gasteiger partial charge in [0.05, 0.1) is 17.5 Å². The van der Waals surface area contributed by atoms with Gasteiger partial charge in [-0.1, -0.05) is 12.1 Å². The maximum atomic E-state index is 10.7. The molecule has 15 heavy (non-hydrogen) atoms. The second-order valence-electron chi connectivity index (χ2n) is 2.65. The predicted molar refractivity (Wildman–Crippen MR) is 53.4 cm³/mol. The number of carbonyl (C=O) groups is 1. The molecule has 0 aromatic heterocycles. The van der Waals surface area contributed by atoms with Gasteiger partial charge in [0.2, 0.25) is 6.54 Å². The van der Waals surface area contributed by atoms with Crippen molar-refractivity contribution < 1.29 is 14.8 Å². The molecule has 0 atom stereocenters. The first-order chi connectivity index (χ1) is 7.11. The van der Waals surface area contributed by atoms with Crippen LogP contribution in [0.25, 0.3) is 0 Å². The average molecular weight is 208 g/mol. The van der Waals surface area contributed by atoms with Gasteiger partial charge in [-0.2, -0.15) is 0 Å². The van der Waals surface area contributed by atoms with E-state index in [0.717, 1.165) is 6.21 Å². The van der Waals surface area contributed by atoms with Gasteiger partial charge < -0.3 is 5.11 Å². The Labute approximate surface area is 85.0 Å². The Morgan fingerprint density at radius 2 is 2.20 bits per heavy atom. The highest BCUT2D eigenvalue weighted by Crippen LogP contribution is 2.17. The second-order valence-corrected chi connectivity index (χ2v) is 2.65. The standard InChI is InChI=1S/C9H8N2O4/c12-9(13)7-3-1-2-4-8(7)10-5-6-11(14)15/h1-5H,6H2,(H,12,13). The maximum Gasteiger partial charge on any atom is 0.337 e. The van der Waals surface area contributed by atoms with Gasteiger partial charge >= 0.3 is 5.97 Å².